The van der Waals surface area contributed by atoms with Crippen molar-refractivity contribution in [3.05, 3.63) is 104 Å². The number of benzene rings is 3. The van der Waals surface area contributed by atoms with Crippen LogP contribution in [0.1, 0.15) is 42.1 Å². The van der Waals surface area contributed by atoms with E-state index in [0.29, 0.717) is 55.7 Å². The second kappa shape index (κ2) is 13.2. The van der Waals surface area contributed by atoms with Crippen LogP contribution in [0.25, 0.3) is 0 Å². The zero-order valence-corrected chi connectivity index (χ0v) is 26.8. The number of hydrogen-bond acceptors (Lipinski definition) is 8. The van der Waals surface area contributed by atoms with Gasteiger partial charge in [0.05, 0.1) is 23.8 Å². The maximum absolute atomic E-state index is 13.3. The number of carbonyl (C=O) groups is 1. The first-order valence-electron chi connectivity index (χ1n) is 13.3. The Bertz CT molecular complexity index is 1660. The summed E-state index contributed by atoms with van der Waals surface area (Å²) in [5.74, 6) is 1.75. The first-order chi connectivity index (χ1) is 20.3. The van der Waals surface area contributed by atoms with Crippen LogP contribution in [0.3, 0.4) is 0 Å². The quantitative estimate of drug-likeness (QED) is 0.136. The summed E-state index contributed by atoms with van der Waals surface area (Å²) in [5.41, 5.74) is 5.00. The van der Waals surface area contributed by atoms with Gasteiger partial charge < -0.3 is 19.5 Å². The summed E-state index contributed by atoms with van der Waals surface area (Å²) < 4.78 is 19.8. The van der Waals surface area contributed by atoms with Crippen LogP contribution >= 0.6 is 39.3 Å². The van der Waals surface area contributed by atoms with Crippen molar-refractivity contribution in [2.75, 3.05) is 19.0 Å². The van der Waals surface area contributed by atoms with Crippen LogP contribution in [-0.2, 0) is 21.9 Å². The molecule has 4 aromatic rings. The number of hydrogen-bond donors (Lipinski definition) is 1. The van der Waals surface area contributed by atoms with E-state index in [2.05, 4.69) is 27.3 Å². The van der Waals surface area contributed by atoms with Gasteiger partial charge in [-0.15, -0.1) is 5.10 Å². The van der Waals surface area contributed by atoms with E-state index in [0.717, 1.165) is 22.3 Å². The first-order valence-corrected chi connectivity index (χ1v) is 15.5. The van der Waals surface area contributed by atoms with E-state index in [1.54, 1.807) is 18.7 Å². The van der Waals surface area contributed by atoms with Crippen LogP contribution in [0.4, 0.5) is 5.95 Å². The van der Waals surface area contributed by atoms with E-state index in [1.807, 2.05) is 68.4 Å². The molecule has 11 heteroatoms. The van der Waals surface area contributed by atoms with Crippen LogP contribution in [-0.4, -0.2) is 34.5 Å². The Morgan fingerprint density at radius 3 is 2.69 bits per heavy atom. The number of thioether (sulfide) groups is 1. The molecule has 5 rings (SSSR count). The Kier molecular flexibility index (Phi) is 9.45. The summed E-state index contributed by atoms with van der Waals surface area (Å²) in [7, 11) is 1.59. The van der Waals surface area contributed by atoms with Gasteiger partial charge in [-0.25, -0.2) is 9.48 Å². The van der Waals surface area contributed by atoms with Gasteiger partial charge in [0.1, 0.15) is 12.6 Å². The van der Waals surface area contributed by atoms with Crippen molar-refractivity contribution in [2.24, 2.45) is 0 Å². The van der Waals surface area contributed by atoms with E-state index >= 15 is 0 Å². The molecular formula is C31H30BrClN4O4S. The lowest BCUT2D eigenvalue weighted by atomic mass is 9.95. The van der Waals surface area contributed by atoms with Crippen molar-refractivity contribution in [3.63, 3.8) is 0 Å². The summed E-state index contributed by atoms with van der Waals surface area (Å²) in [6.45, 7) is 6.27. The maximum atomic E-state index is 13.3. The Hall–Kier alpha value is -3.47. The molecule has 218 valence electrons. The number of esters is 1. The topological polar surface area (TPSA) is 87.5 Å². The zero-order valence-electron chi connectivity index (χ0n) is 23.6. The minimum absolute atomic E-state index is 0.240. The third kappa shape index (κ3) is 6.45. The lowest BCUT2D eigenvalue weighted by molar-refractivity contribution is -0.139. The molecule has 0 bridgehead atoms. The molecule has 1 N–H and O–H groups in total. The number of halogens is 2. The monoisotopic (exact) mass is 668 g/mol. The lowest BCUT2D eigenvalue weighted by Crippen LogP contribution is -2.29. The summed E-state index contributed by atoms with van der Waals surface area (Å²) in [5, 5.41) is 9.28. The number of ether oxygens (including phenoxy) is 3. The summed E-state index contributed by atoms with van der Waals surface area (Å²) in [6.07, 6.45) is 0. The van der Waals surface area contributed by atoms with Crippen molar-refractivity contribution in [3.8, 4) is 11.5 Å². The van der Waals surface area contributed by atoms with Gasteiger partial charge in [-0.05, 0) is 71.6 Å². The molecule has 0 amide bonds. The SMILES string of the molecule is CCOC(=O)C1=C(C)Nc2nc(SCc3ccccc3Cl)nn2C1c1cc(Br)c(OCc2cccc(C)c2)c(OC)c1. The Morgan fingerprint density at radius 1 is 1.14 bits per heavy atom. The van der Waals surface area contributed by atoms with Gasteiger partial charge in [0.15, 0.2) is 11.5 Å². The van der Waals surface area contributed by atoms with Crippen LogP contribution in [0.15, 0.2) is 81.6 Å². The molecule has 0 spiro atoms. The minimum atomic E-state index is -0.626. The highest BCUT2D eigenvalue weighted by molar-refractivity contribution is 9.10. The molecule has 1 aromatic heterocycles. The predicted molar refractivity (Wildman–Crippen MR) is 168 cm³/mol. The molecule has 1 aliphatic heterocycles. The fourth-order valence-electron chi connectivity index (χ4n) is 4.73. The van der Waals surface area contributed by atoms with Crippen molar-refractivity contribution in [1.82, 2.24) is 14.8 Å². The number of aromatic nitrogens is 3. The van der Waals surface area contributed by atoms with Crippen LogP contribution in [0, 0.1) is 6.92 Å². The van der Waals surface area contributed by atoms with Crippen molar-refractivity contribution in [1.29, 1.82) is 0 Å². The van der Waals surface area contributed by atoms with Gasteiger partial charge >= 0.3 is 5.97 Å². The molecule has 8 nitrogen and oxygen atoms in total. The Balaban J connectivity index is 1.51. The number of allylic oxidation sites excluding steroid dienone is 1. The molecule has 0 saturated heterocycles. The molecule has 0 radical (unpaired) electrons. The van der Waals surface area contributed by atoms with E-state index in [-0.39, 0.29) is 6.61 Å². The Labute approximate surface area is 262 Å². The molecule has 1 unspecified atom stereocenters. The number of rotatable bonds is 10. The van der Waals surface area contributed by atoms with Gasteiger partial charge in [-0.1, -0.05) is 71.4 Å². The fraction of sp³-hybridized carbons (Fsp3) is 0.258. The fourth-order valence-corrected chi connectivity index (χ4v) is 6.42. The number of nitrogens with zero attached hydrogens (tertiary/aromatic N) is 3. The smallest absolute Gasteiger partial charge is 0.338 e. The van der Waals surface area contributed by atoms with Gasteiger partial charge in [0.25, 0.3) is 0 Å². The number of methoxy groups -OCH3 is 1. The summed E-state index contributed by atoms with van der Waals surface area (Å²) >= 11 is 11.5. The van der Waals surface area contributed by atoms with Crippen LogP contribution < -0.4 is 14.8 Å². The highest BCUT2D eigenvalue weighted by Gasteiger charge is 2.36. The number of anilines is 1. The molecule has 0 aliphatic carbocycles. The predicted octanol–water partition coefficient (Wildman–Crippen LogP) is 7.73. The molecule has 1 aliphatic rings. The molecule has 3 aromatic carbocycles. The van der Waals surface area contributed by atoms with E-state index in [4.69, 9.17) is 35.9 Å². The highest BCUT2D eigenvalue weighted by Crippen LogP contribution is 2.43. The third-order valence-electron chi connectivity index (χ3n) is 6.68. The van der Waals surface area contributed by atoms with Gasteiger partial charge in [-0.2, -0.15) is 4.98 Å². The van der Waals surface area contributed by atoms with Gasteiger partial charge in [0.2, 0.25) is 11.1 Å². The molecule has 1 atom stereocenters. The minimum Gasteiger partial charge on any atom is -0.493 e. The summed E-state index contributed by atoms with van der Waals surface area (Å²) in [4.78, 5) is 18.0. The molecule has 0 fully saturated rings. The van der Waals surface area contributed by atoms with Crippen LogP contribution in [0.5, 0.6) is 11.5 Å². The first kappa shape index (κ1) is 30.0. The maximum Gasteiger partial charge on any atom is 0.338 e. The lowest BCUT2D eigenvalue weighted by Gasteiger charge is -2.28. The normalized spacial score (nSPS) is 14.3. The van der Waals surface area contributed by atoms with E-state index in [1.165, 1.54) is 11.8 Å². The molecule has 2 heterocycles. The largest absolute Gasteiger partial charge is 0.493 e. The second-order valence-corrected chi connectivity index (χ2v) is 11.8. The Morgan fingerprint density at radius 2 is 1.95 bits per heavy atom. The highest BCUT2D eigenvalue weighted by atomic mass is 79.9. The third-order valence-corrected chi connectivity index (χ3v) is 8.52. The number of carbonyl (C=O) groups excluding carboxylic acids is 1. The zero-order chi connectivity index (χ0) is 29.8. The van der Waals surface area contributed by atoms with Crippen molar-refractivity contribution >= 4 is 51.2 Å². The molecule has 0 saturated carbocycles. The number of aryl methyl sites for hydroxylation is 1. The molecule has 42 heavy (non-hydrogen) atoms. The standard InChI is InChI=1S/C31H30BrClN4O4S/c1-5-40-29(38)26-19(3)34-30-35-31(42-17-21-11-6-7-12-24(21)33)36-37(30)27(26)22-14-23(32)28(25(15-22)39-4)41-16-20-10-8-9-18(2)13-20/h6-15,27H,5,16-17H2,1-4H3,(H,34,35,36). The van der Waals surface area contributed by atoms with Gasteiger partial charge in [-0.3, -0.25) is 0 Å². The second-order valence-electron chi connectivity index (χ2n) is 9.64. The number of nitrogens with one attached hydrogen (secondary N) is 1. The summed E-state index contributed by atoms with van der Waals surface area (Å²) in [6, 6.07) is 19.0. The van der Waals surface area contributed by atoms with E-state index in [9.17, 15) is 4.79 Å². The van der Waals surface area contributed by atoms with Crippen molar-refractivity contribution < 1.29 is 19.0 Å². The average Bonchev–Trinajstić information content (AvgIpc) is 3.37. The number of fused-ring (bicyclic) bond motifs is 1. The van der Waals surface area contributed by atoms with E-state index < -0.39 is 12.0 Å². The average molecular weight is 670 g/mol. The van der Waals surface area contributed by atoms with Crippen molar-refractivity contribution in [2.45, 2.75) is 44.3 Å². The molecular weight excluding hydrogens is 640 g/mol. The van der Waals surface area contributed by atoms with Gasteiger partial charge in [0, 0.05) is 16.5 Å². The van der Waals surface area contributed by atoms with Crippen LogP contribution in [0.2, 0.25) is 5.02 Å².